The number of amides is 1. The van der Waals surface area contributed by atoms with Crippen molar-refractivity contribution in [2.75, 3.05) is 7.05 Å². The standard InChI is InChI=1S/C18H18N4OS/c1-11-16(23)22(3)17(20)21-18(11,2)15-8-14(10-24-15)13-6-4-5-12(7-13)9-19/h4-8,10-11H,1-3H3,(H2,20,21)/t11-,18-/m0/s1. The molecule has 5 nitrogen and oxygen atoms in total. The summed E-state index contributed by atoms with van der Waals surface area (Å²) < 4.78 is 0. The maximum atomic E-state index is 12.4. The molecule has 24 heavy (non-hydrogen) atoms. The lowest BCUT2D eigenvalue weighted by Crippen LogP contribution is -2.62. The number of nitrogens with zero attached hydrogens (tertiary/aromatic N) is 2. The van der Waals surface area contributed by atoms with Gasteiger partial charge in [0.05, 0.1) is 23.1 Å². The molecule has 1 saturated heterocycles. The van der Waals surface area contributed by atoms with Gasteiger partial charge in [-0.3, -0.25) is 15.1 Å². The number of benzene rings is 1. The molecule has 2 N–H and O–H groups in total. The predicted molar refractivity (Wildman–Crippen MR) is 94.6 cm³/mol. The van der Waals surface area contributed by atoms with Crippen LogP contribution in [0.5, 0.6) is 0 Å². The van der Waals surface area contributed by atoms with E-state index in [4.69, 9.17) is 10.7 Å². The zero-order chi connectivity index (χ0) is 17.5. The number of rotatable bonds is 2. The van der Waals surface area contributed by atoms with Gasteiger partial charge in [-0.15, -0.1) is 11.3 Å². The highest BCUT2D eigenvalue weighted by molar-refractivity contribution is 7.10. The van der Waals surface area contributed by atoms with Crippen molar-refractivity contribution < 1.29 is 4.79 Å². The van der Waals surface area contributed by atoms with E-state index < -0.39 is 5.54 Å². The molecule has 0 bridgehead atoms. The highest BCUT2D eigenvalue weighted by Gasteiger charge is 2.45. The van der Waals surface area contributed by atoms with Gasteiger partial charge in [0.2, 0.25) is 5.91 Å². The fourth-order valence-corrected chi connectivity index (χ4v) is 4.01. The molecule has 6 heteroatoms. The van der Waals surface area contributed by atoms with Gasteiger partial charge < -0.3 is 5.32 Å². The first kappa shape index (κ1) is 16.2. The summed E-state index contributed by atoms with van der Waals surface area (Å²) in [5, 5.41) is 22.3. The van der Waals surface area contributed by atoms with Crippen LogP contribution in [0.15, 0.2) is 35.7 Å². The first-order valence-electron chi connectivity index (χ1n) is 7.60. The Balaban J connectivity index is 1.99. The van der Waals surface area contributed by atoms with Gasteiger partial charge in [0.15, 0.2) is 5.96 Å². The molecular weight excluding hydrogens is 320 g/mol. The second-order valence-corrected chi connectivity index (χ2v) is 7.10. The molecule has 2 atom stereocenters. The highest BCUT2D eigenvalue weighted by atomic mass is 32.1. The van der Waals surface area contributed by atoms with Crippen molar-refractivity contribution in [2.24, 2.45) is 5.92 Å². The van der Waals surface area contributed by atoms with Crippen molar-refractivity contribution in [3.8, 4) is 17.2 Å². The van der Waals surface area contributed by atoms with Crippen LogP contribution in [-0.4, -0.2) is 23.8 Å². The molecule has 1 aliphatic heterocycles. The van der Waals surface area contributed by atoms with Gasteiger partial charge in [-0.25, -0.2) is 0 Å². The van der Waals surface area contributed by atoms with E-state index in [0.717, 1.165) is 16.0 Å². The number of nitrogens with one attached hydrogen (secondary N) is 2. The summed E-state index contributed by atoms with van der Waals surface area (Å²) in [5.74, 6) is -0.238. The monoisotopic (exact) mass is 338 g/mol. The number of guanidine groups is 1. The normalized spacial score (nSPS) is 23.8. The smallest absolute Gasteiger partial charge is 0.234 e. The van der Waals surface area contributed by atoms with Crippen molar-refractivity contribution in [3.63, 3.8) is 0 Å². The molecule has 0 aliphatic carbocycles. The van der Waals surface area contributed by atoms with E-state index in [1.54, 1.807) is 24.5 Å². The van der Waals surface area contributed by atoms with Gasteiger partial charge >= 0.3 is 0 Å². The average molecular weight is 338 g/mol. The third-order valence-electron chi connectivity index (χ3n) is 4.72. The number of thiophene rings is 1. The molecule has 1 fully saturated rings. The maximum Gasteiger partial charge on any atom is 0.234 e. The van der Waals surface area contributed by atoms with Crippen LogP contribution < -0.4 is 5.32 Å². The molecule has 0 unspecified atom stereocenters. The first-order chi connectivity index (χ1) is 11.4. The fourth-order valence-electron chi connectivity index (χ4n) is 2.89. The topological polar surface area (TPSA) is 80.0 Å². The second kappa shape index (κ2) is 5.77. The van der Waals surface area contributed by atoms with E-state index in [9.17, 15) is 4.79 Å². The molecule has 0 saturated carbocycles. The molecule has 0 radical (unpaired) electrons. The molecule has 0 spiro atoms. The summed E-state index contributed by atoms with van der Waals surface area (Å²) in [5.41, 5.74) is 1.99. The molecule has 2 heterocycles. The van der Waals surface area contributed by atoms with Crippen LogP contribution in [0.2, 0.25) is 0 Å². The Bertz CT molecular complexity index is 866. The van der Waals surface area contributed by atoms with Crippen molar-refractivity contribution in [1.82, 2.24) is 10.2 Å². The lowest BCUT2D eigenvalue weighted by atomic mass is 9.82. The highest BCUT2D eigenvalue weighted by Crippen LogP contribution is 2.39. The van der Waals surface area contributed by atoms with E-state index in [2.05, 4.69) is 11.4 Å². The fraction of sp³-hybridized carbons (Fsp3) is 0.278. The Morgan fingerprint density at radius 1 is 1.38 bits per heavy atom. The lowest BCUT2D eigenvalue weighted by Gasteiger charge is -2.43. The Morgan fingerprint density at radius 3 is 2.83 bits per heavy atom. The van der Waals surface area contributed by atoms with E-state index in [-0.39, 0.29) is 17.8 Å². The van der Waals surface area contributed by atoms with Crippen molar-refractivity contribution >= 4 is 23.2 Å². The summed E-state index contributed by atoms with van der Waals surface area (Å²) in [4.78, 5) is 14.7. The SMILES string of the molecule is C[C@H]1C(=O)N(C)C(=N)N[C@]1(C)c1cc(-c2cccc(C#N)c2)cs1. The minimum Gasteiger partial charge on any atom is -0.345 e. The Morgan fingerprint density at radius 2 is 2.12 bits per heavy atom. The molecule has 2 aromatic rings. The maximum absolute atomic E-state index is 12.4. The van der Waals surface area contributed by atoms with Crippen LogP contribution in [0.4, 0.5) is 0 Å². The Labute approximate surface area is 145 Å². The average Bonchev–Trinajstić information content (AvgIpc) is 3.09. The van der Waals surface area contributed by atoms with Gasteiger partial charge in [0.25, 0.3) is 0 Å². The number of nitriles is 1. The number of carbonyl (C=O) groups excluding carboxylic acids is 1. The number of carbonyl (C=O) groups is 1. The number of hydrogen-bond acceptors (Lipinski definition) is 4. The summed E-state index contributed by atoms with van der Waals surface area (Å²) in [6.07, 6.45) is 0. The second-order valence-electron chi connectivity index (χ2n) is 6.19. The molecule has 3 rings (SSSR count). The van der Waals surface area contributed by atoms with Gasteiger partial charge in [-0.1, -0.05) is 19.1 Å². The van der Waals surface area contributed by atoms with Crippen LogP contribution in [0.25, 0.3) is 11.1 Å². The molecule has 1 aliphatic rings. The molecule has 122 valence electrons. The minimum absolute atomic E-state index is 0.0670. The van der Waals surface area contributed by atoms with Crippen molar-refractivity contribution in [1.29, 1.82) is 10.7 Å². The van der Waals surface area contributed by atoms with Gasteiger partial charge in [-0.05, 0) is 41.6 Å². The van der Waals surface area contributed by atoms with Crippen molar-refractivity contribution in [3.05, 3.63) is 46.2 Å². The summed E-state index contributed by atoms with van der Waals surface area (Å²) >= 11 is 1.56. The summed E-state index contributed by atoms with van der Waals surface area (Å²) in [6, 6.07) is 11.6. The van der Waals surface area contributed by atoms with Crippen LogP contribution in [0.3, 0.4) is 0 Å². The zero-order valence-corrected chi connectivity index (χ0v) is 14.6. The minimum atomic E-state index is -0.615. The van der Waals surface area contributed by atoms with Gasteiger partial charge in [0, 0.05) is 11.9 Å². The largest absolute Gasteiger partial charge is 0.345 e. The third kappa shape index (κ3) is 2.47. The zero-order valence-electron chi connectivity index (χ0n) is 13.8. The van der Waals surface area contributed by atoms with Crippen LogP contribution in [0.1, 0.15) is 24.3 Å². The van der Waals surface area contributed by atoms with Crippen LogP contribution >= 0.6 is 11.3 Å². The third-order valence-corrected chi connectivity index (χ3v) is 5.88. The Kier molecular flexibility index (Phi) is 3.90. The van der Waals surface area contributed by atoms with Crippen LogP contribution in [-0.2, 0) is 10.3 Å². The van der Waals surface area contributed by atoms with E-state index in [1.165, 1.54) is 4.90 Å². The van der Waals surface area contributed by atoms with Crippen LogP contribution in [0, 0.1) is 22.7 Å². The first-order valence-corrected chi connectivity index (χ1v) is 8.48. The van der Waals surface area contributed by atoms with E-state index in [0.29, 0.717) is 5.56 Å². The van der Waals surface area contributed by atoms with E-state index in [1.807, 2.05) is 43.5 Å². The summed E-state index contributed by atoms with van der Waals surface area (Å²) in [6.45, 7) is 3.84. The predicted octanol–water partition coefficient (Wildman–Crippen LogP) is 3.13. The van der Waals surface area contributed by atoms with Crippen molar-refractivity contribution in [2.45, 2.75) is 19.4 Å². The number of hydrogen-bond donors (Lipinski definition) is 2. The lowest BCUT2D eigenvalue weighted by molar-refractivity contribution is -0.134. The molecule has 1 amide bonds. The molecular formula is C18H18N4OS. The molecule has 1 aromatic heterocycles. The van der Waals surface area contributed by atoms with Gasteiger partial charge in [0.1, 0.15) is 0 Å². The summed E-state index contributed by atoms with van der Waals surface area (Å²) in [7, 11) is 1.61. The quantitative estimate of drug-likeness (QED) is 0.883. The molecule has 1 aromatic carbocycles. The van der Waals surface area contributed by atoms with E-state index >= 15 is 0 Å². The van der Waals surface area contributed by atoms with Gasteiger partial charge in [-0.2, -0.15) is 5.26 Å². The Hall–Kier alpha value is -2.65.